The van der Waals surface area contributed by atoms with Crippen LogP contribution in [0.4, 0.5) is 0 Å². The molecule has 1 aliphatic rings. The molecule has 13 heteroatoms. The Labute approximate surface area is 473 Å². The molecule has 0 radical (unpaired) electrons. The summed E-state index contributed by atoms with van der Waals surface area (Å²) in [6.07, 6.45) is 19.1. The van der Waals surface area contributed by atoms with Crippen molar-refractivity contribution < 1.29 is 0 Å². The molecular weight excluding hydrogens is 1070 g/mol. The zero-order valence-corrected chi connectivity index (χ0v) is 52.2. The predicted molar refractivity (Wildman–Crippen MR) is 339 cm³/mol. The highest BCUT2D eigenvalue weighted by atomic mass is 32.1. The van der Waals surface area contributed by atoms with Crippen LogP contribution in [-0.2, 0) is 12.8 Å². The first kappa shape index (κ1) is 53.0. The molecule has 4 atom stereocenters. The summed E-state index contributed by atoms with van der Waals surface area (Å²) in [6, 6.07) is 27.4. The van der Waals surface area contributed by atoms with Crippen LogP contribution in [0, 0.1) is 23.7 Å². The molecular formula is C61H72N4S8Si. The van der Waals surface area contributed by atoms with E-state index in [1.807, 2.05) is 68.0 Å². The van der Waals surface area contributed by atoms with Crippen molar-refractivity contribution in [3.8, 4) is 51.5 Å². The van der Waals surface area contributed by atoms with Gasteiger partial charge in [0.25, 0.3) is 0 Å². The van der Waals surface area contributed by atoms with Crippen LogP contribution < -0.4 is 10.4 Å². The number of hydrogen-bond donors (Lipinski definition) is 0. The SMILES string of the molecule is CCCCC(CC)Cc1cc2sc(-c3ccc(-c4cc5c(s4)-c4sc(-c6ccc(-c7cc8sc(CC(C)CC)cc8s7)c7nsnc67)cc4[Si]5(CC(CC)CCCC)CC(CC)CCCC)c4nsnc34)cc2s1. The summed E-state index contributed by atoms with van der Waals surface area (Å²) in [4.78, 5) is 11.5. The molecule has 1 aliphatic heterocycles. The lowest BCUT2D eigenvalue weighted by Gasteiger charge is -2.35. The summed E-state index contributed by atoms with van der Waals surface area (Å²) in [5, 5.41) is 3.43. The van der Waals surface area contributed by atoms with Gasteiger partial charge in [-0.25, -0.2) is 0 Å². The lowest BCUT2D eigenvalue weighted by Crippen LogP contribution is -2.56. The fourth-order valence-electron chi connectivity index (χ4n) is 12.1. The van der Waals surface area contributed by atoms with Gasteiger partial charge in [0, 0.05) is 80.1 Å². The topological polar surface area (TPSA) is 51.6 Å². The molecule has 8 aromatic heterocycles. The van der Waals surface area contributed by atoms with Crippen molar-refractivity contribution in [2.75, 3.05) is 0 Å². The average Bonchev–Trinajstić information content (AvgIpc) is 4.29. The van der Waals surface area contributed by atoms with Gasteiger partial charge in [-0.1, -0.05) is 163 Å². The third-order valence-electron chi connectivity index (χ3n) is 16.8. The molecule has 0 fully saturated rings. The minimum Gasteiger partial charge on any atom is -0.172 e. The van der Waals surface area contributed by atoms with Crippen molar-refractivity contribution in [2.45, 2.75) is 164 Å². The fraction of sp³-hybridized carbons (Fsp3) is 0.475. The number of aromatic nitrogens is 4. The summed E-state index contributed by atoms with van der Waals surface area (Å²) in [5.74, 6) is 2.93. The standard InChI is InChI=1S/C61H72N4S8Si/c1-9-16-19-37(13-5)27-41-29-51-53(67-41)31-47(69-51)43-23-25-45(59-57(43)63-73-65-59)49-33-55-61(71-49)60-54(74(55,34-38(14-6)20-17-10-2)35-39(15-7)21-18-11-3)32-48(70-60)44-24-22-42(56-58(44)64-72-62-56)46-30-52-50(68-46)28-40(66-52)26-36(8)12-4/h22-25,28-33,36-39H,9-21,26-27,34-35H2,1-8H3. The third-order valence-corrected chi connectivity index (χ3v) is 30.8. The van der Waals surface area contributed by atoms with Gasteiger partial charge < -0.3 is 0 Å². The van der Waals surface area contributed by atoms with Gasteiger partial charge >= 0.3 is 0 Å². The van der Waals surface area contributed by atoms with Crippen LogP contribution in [0.5, 0.6) is 0 Å². The number of rotatable bonds is 25. The smallest absolute Gasteiger partial charge is 0.122 e. The van der Waals surface area contributed by atoms with E-state index in [0.29, 0.717) is 5.92 Å². The van der Waals surface area contributed by atoms with Crippen LogP contribution in [-0.4, -0.2) is 25.6 Å². The normalized spacial score (nSPS) is 16.3. The molecule has 0 bridgehead atoms. The van der Waals surface area contributed by atoms with Crippen LogP contribution in [0.25, 0.3) is 92.4 Å². The number of benzene rings is 2. The molecule has 9 heterocycles. The van der Waals surface area contributed by atoms with E-state index in [2.05, 4.69) is 116 Å². The Morgan fingerprint density at radius 3 is 1.18 bits per heavy atom. The van der Waals surface area contributed by atoms with Crippen molar-refractivity contribution in [1.29, 1.82) is 0 Å². The summed E-state index contributed by atoms with van der Waals surface area (Å²) in [7, 11) is -2.30. The molecule has 4 unspecified atom stereocenters. The van der Waals surface area contributed by atoms with Crippen molar-refractivity contribution in [2.24, 2.45) is 23.7 Å². The summed E-state index contributed by atoms with van der Waals surface area (Å²) >= 11 is 14.7. The third kappa shape index (κ3) is 10.2. The molecule has 0 saturated heterocycles. The van der Waals surface area contributed by atoms with E-state index < -0.39 is 8.07 Å². The Kier molecular flexibility index (Phi) is 16.6. The maximum Gasteiger partial charge on any atom is 0.122 e. The first-order valence-corrected chi connectivity index (χ1v) is 36.8. The zero-order chi connectivity index (χ0) is 51.1. The van der Waals surface area contributed by atoms with Gasteiger partial charge in [0.05, 0.1) is 23.5 Å². The first-order chi connectivity index (χ1) is 36.2. The number of hydrogen-bond acceptors (Lipinski definition) is 12. The Morgan fingerprint density at radius 1 is 0.419 bits per heavy atom. The van der Waals surface area contributed by atoms with Gasteiger partial charge in [-0.3, -0.25) is 0 Å². The van der Waals surface area contributed by atoms with Gasteiger partial charge in [-0.2, -0.15) is 17.5 Å². The van der Waals surface area contributed by atoms with E-state index in [4.69, 9.17) is 17.5 Å². The molecule has 11 rings (SSSR count). The van der Waals surface area contributed by atoms with Gasteiger partial charge in [0.15, 0.2) is 0 Å². The number of fused-ring (bicyclic) bond motifs is 7. The lowest BCUT2D eigenvalue weighted by molar-refractivity contribution is 0.452. The quantitative estimate of drug-likeness (QED) is 0.0535. The lowest BCUT2D eigenvalue weighted by atomic mass is 9.95. The number of unbranched alkanes of at least 4 members (excludes halogenated alkanes) is 3. The van der Waals surface area contributed by atoms with Crippen molar-refractivity contribution in [3.63, 3.8) is 0 Å². The van der Waals surface area contributed by atoms with Crippen molar-refractivity contribution >= 4 is 151 Å². The van der Waals surface area contributed by atoms with Gasteiger partial charge in [0.1, 0.15) is 30.1 Å². The molecule has 0 amide bonds. The highest BCUT2D eigenvalue weighted by molar-refractivity contribution is 7.32. The highest BCUT2D eigenvalue weighted by Crippen LogP contribution is 2.52. The maximum absolute atomic E-state index is 5.13. The number of thiophene rings is 6. The number of nitrogens with zero attached hydrogens (tertiary/aromatic N) is 4. The fourth-order valence-corrected chi connectivity index (χ4v) is 28.9. The Hall–Kier alpha value is -2.98. The second kappa shape index (κ2) is 23.2. The van der Waals surface area contributed by atoms with Crippen LogP contribution in [0.1, 0.15) is 149 Å². The Balaban J connectivity index is 0.996. The van der Waals surface area contributed by atoms with Crippen LogP contribution in [0.3, 0.4) is 0 Å². The highest BCUT2D eigenvalue weighted by Gasteiger charge is 2.50. The predicted octanol–water partition coefficient (Wildman–Crippen LogP) is 21.4. The van der Waals surface area contributed by atoms with E-state index >= 15 is 0 Å². The molecule has 0 spiro atoms. The van der Waals surface area contributed by atoms with Crippen molar-refractivity contribution in [3.05, 3.63) is 70.4 Å². The molecule has 388 valence electrons. The van der Waals surface area contributed by atoms with Gasteiger partial charge in [-0.15, -0.1) is 68.0 Å². The zero-order valence-electron chi connectivity index (χ0n) is 44.7. The summed E-state index contributed by atoms with van der Waals surface area (Å²) in [5.41, 5.74) is 9.16. The maximum atomic E-state index is 5.13. The van der Waals surface area contributed by atoms with E-state index in [1.165, 1.54) is 197 Å². The van der Waals surface area contributed by atoms with E-state index in [9.17, 15) is 0 Å². The molecule has 0 N–H and O–H groups in total. The largest absolute Gasteiger partial charge is 0.172 e. The average molecular weight is 1150 g/mol. The molecule has 4 nitrogen and oxygen atoms in total. The molecule has 2 aromatic carbocycles. The van der Waals surface area contributed by atoms with Crippen LogP contribution >= 0.6 is 91.5 Å². The van der Waals surface area contributed by atoms with Crippen LogP contribution in [0.2, 0.25) is 12.1 Å². The summed E-state index contributed by atoms with van der Waals surface area (Å²) in [6.45, 7) is 19.0. The molecule has 0 saturated carbocycles. The van der Waals surface area contributed by atoms with Gasteiger partial charge in [0.2, 0.25) is 0 Å². The molecule has 0 aliphatic carbocycles. The molecule has 10 aromatic rings. The summed E-state index contributed by atoms with van der Waals surface area (Å²) < 4.78 is 26.0. The molecule has 74 heavy (non-hydrogen) atoms. The second-order valence-electron chi connectivity index (χ2n) is 21.7. The van der Waals surface area contributed by atoms with E-state index in [-0.39, 0.29) is 0 Å². The van der Waals surface area contributed by atoms with E-state index in [1.54, 1.807) is 25.0 Å². The Bertz CT molecular complexity index is 3430. The minimum absolute atomic E-state index is 0.714. The van der Waals surface area contributed by atoms with Crippen LogP contribution in [0.15, 0.2) is 60.7 Å². The van der Waals surface area contributed by atoms with Crippen molar-refractivity contribution in [1.82, 2.24) is 17.5 Å². The van der Waals surface area contributed by atoms with Gasteiger partial charge in [-0.05, 0) is 95.4 Å². The second-order valence-corrected chi connectivity index (χ2v) is 33.4. The Morgan fingerprint density at radius 2 is 0.797 bits per heavy atom. The van der Waals surface area contributed by atoms with E-state index in [0.717, 1.165) is 39.8 Å². The monoisotopic (exact) mass is 1140 g/mol. The minimum atomic E-state index is -2.30. The first-order valence-electron chi connectivity index (χ1n) is 28.0.